The number of hydrogen-bond donors (Lipinski definition) is 2. The number of nitrogens with one attached hydrogen (secondary N) is 2. The fourth-order valence-electron chi connectivity index (χ4n) is 2.08. The first-order valence-corrected chi connectivity index (χ1v) is 8.48. The van der Waals surface area contributed by atoms with Gasteiger partial charge in [-0.2, -0.15) is 0 Å². The van der Waals surface area contributed by atoms with E-state index in [0.717, 1.165) is 6.07 Å². The number of ether oxygens (including phenoxy) is 1. The average Bonchev–Trinajstić information content (AvgIpc) is 2.65. The summed E-state index contributed by atoms with van der Waals surface area (Å²) in [5, 5.41) is 4.82. The fourth-order valence-corrected chi connectivity index (χ4v) is 2.26. The minimum absolute atomic E-state index is 0.144. The fraction of sp³-hybridized carbons (Fsp3) is 0.211. The van der Waals surface area contributed by atoms with Gasteiger partial charge in [0.15, 0.2) is 6.10 Å². The summed E-state index contributed by atoms with van der Waals surface area (Å²) in [6.07, 6.45) is -1.13. The highest BCUT2D eigenvalue weighted by atomic mass is 35.5. The molecule has 2 aromatic rings. The van der Waals surface area contributed by atoms with E-state index >= 15 is 0 Å². The van der Waals surface area contributed by atoms with Crippen molar-refractivity contribution in [3.8, 4) is 0 Å². The van der Waals surface area contributed by atoms with Crippen molar-refractivity contribution in [2.45, 2.75) is 26.0 Å². The van der Waals surface area contributed by atoms with Crippen molar-refractivity contribution in [1.82, 2.24) is 5.32 Å². The van der Waals surface area contributed by atoms with Gasteiger partial charge in [-0.25, -0.2) is 9.18 Å². The van der Waals surface area contributed by atoms with Crippen LogP contribution in [0.2, 0.25) is 5.02 Å². The second kappa shape index (κ2) is 9.14. The van der Waals surface area contributed by atoms with Crippen LogP contribution in [0.5, 0.6) is 0 Å². The largest absolute Gasteiger partial charge is 0.451 e. The highest BCUT2D eigenvalue weighted by Gasteiger charge is 2.23. The zero-order valence-corrected chi connectivity index (χ0v) is 15.4. The molecule has 0 saturated heterocycles. The smallest absolute Gasteiger partial charge is 0.329 e. The number of carbonyl (C=O) groups excluding carboxylic acids is 3. The van der Waals surface area contributed by atoms with E-state index < -0.39 is 35.7 Å². The summed E-state index contributed by atoms with van der Waals surface area (Å²) >= 11 is 5.65. The number of benzene rings is 2. The van der Waals surface area contributed by atoms with Gasteiger partial charge in [0.1, 0.15) is 11.9 Å². The third kappa shape index (κ3) is 5.79. The lowest BCUT2D eigenvalue weighted by Crippen LogP contribution is -2.42. The molecule has 2 amide bonds. The number of anilines is 1. The molecule has 0 spiro atoms. The second-order valence-corrected chi connectivity index (χ2v) is 6.17. The van der Waals surface area contributed by atoms with Gasteiger partial charge in [-0.15, -0.1) is 0 Å². The van der Waals surface area contributed by atoms with Crippen LogP contribution in [0.1, 0.15) is 24.2 Å². The zero-order valence-electron chi connectivity index (χ0n) is 14.7. The first-order chi connectivity index (χ1) is 12.8. The molecule has 0 aliphatic rings. The van der Waals surface area contributed by atoms with Gasteiger partial charge in [-0.3, -0.25) is 9.59 Å². The van der Waals surface area contributed by atoms with Gasteiger partial charge in [0, 0.05) is 11.3 Å². The van der Waals surface area contributed by atoms with E-state index in [1.807, 2.05) is 0 Å². The molecule has 0 unspecified atom stereocenters. The van der Waals surface area contributed by atoms with Gasteiger partial charge in [-0.1, -0.05) is 29.8 Å². The molecule has 8 heteroatoms. The minimum Gasteiger partial charge on any atom is -0.451 e. The van der Waals surface area contributed by atoms with Gasteiger partial charge >= 0.3 is 5.97 Å². The van der Waals surface area contributed by atoms with Crippen molar-refractivity contribution in [2.24, 2.45) is 0 Å². The summed E-state index contributed by atoms with van der Waals surface area (Å²) in [7, 11) is 0. The van der Waals surface area contributed by atoms with Crippen molar-refractivity contribution in [2.75, 3.05) is 5.32 Å². The lowest BCUT2D eigenvalue weighted by Gasteiger charge is -2.17. The van der Waals surface area contributed by atoms with Crippen molar-refractivity contribution in [3.05, 3.63) is 64.9 Å². The minimum atomic E-state index is -1.13. The van der Waals surface area contributed by atoms with E-state index in [2.05, 4.69) is 10.6 Å². The highest BCUT2D eigenvalue weighted by Crippen LogP contribution is 2.19. The first-order valence-electron chi connectivity index (χ1n) is 8.10. The molecule has 27 heavy (non-hydrogen) atoms. The van der Waals surface area contributed by atoms with E-state index in [4.69, 9.17) is 16.3 Å². The molecule has 6 nitrogen and oxygen atoms in total. The SMILES string of the molecule is C[C@H](NC(=O)c1ccccc1)C(=O)O[C@H](C)C(=O)Nc1ccc(F)c(Cl)c1. The van der Waals surface area contributed by atoms with Crippen LogP contribution in [-0.2, 0) is 14.3 Å². The Labute approximate surface area is 160 Å². The number of amides is 2. The molecular weight excluding hydrogens is 375 g/mol. The molecule has 0 aliphatic heterocycles. The molecular formula is C19H18ClFN2O4. The normalized spacial score (nSPS) is 12.6. The molecule has 2 N–H and O–H groups in total. The van der Waals surface area contributed by atoms with Crippen LogP contribution in [0.3, 0.4) is 0 Å². The van der Waals surface area contributed by atoms with Crippen LogP contribution >= 0.6 is 11.6 Å². The highest BCUT2D eigenvalue weighted by molar-refractivity contribution is 6.31. The van der Waals surface area contributed by atoms with E-state index in [-0.39, 0.29) is 10.7 Å². The number of carbonyl (C=O) groups is 3. The van der Waals surface area contributed by atoms with Crippen molar-refractivity contribution < 1.29 is 23.5 Å². The van der Waals surface area contributed by atoms with Crippen molar-refractivity contribution in [3.63, 3.8) is 0 Å². The van der Waals surface area contributed by atoms with Crippen LogP contribution in [0, 0.1) is 5.82 Å². The predicted octanol–water partition coefficient (Wildman–Crippen LogP) is 3.17. The van der Waals surface area contributed by atoms with Crippen molar-refractivity contribution >= 4 is 35.1 Å². The Morgan fingerprint density at radius 1 is 1.07 bits per heavy atom. The van der Waals surface area contributed by atoms with Crippen LogP contribution < -0.4 is 10.6 Å². The molecule has 142 valence electrons. The second-order valence-electron chi connectivity index (χ2n) is 5.76. The van der Waals surface area contributed by atoms with Gasteiger partial charge in [0.2, 0.25) is 0 Å². The van der Waals surface area contributed by atoms with Crippen LogP contribution in [0.15, 0.2) is 48.5 Å². The Morgan fingerprint density at radius 2 is 1.74 bits per heavy atom. The van der Waals surface area contributed by atoms with Gasteiger partial charge in [0.25, 0.3) is 11.8 Å². The molecule has 0 fully saturated rings. The van der Waals surface area contributed by atoms with E-state index in [1.165, 1.54) is 26.0 Å². The molecule has 0 radical (unpaired) electrons. The average molecular weight is 393 g/mol. The molecule has 0 bridgehead atoms. The maximum absolute atomic E-state index is 13.1. The lowest BCUT2D eigenvalue weighted by molar-refractivity contribution is -0.154. The van der Waals surface area contributed by atoms with E-state index in [1.54, 1.807) is 30.3 Å². The molecule has 0 heterocycles. The maximum Gasteiger partial charge on any atom is 0.329 e. The summed E-state index contributed by atoms with van der Waals surface area (Å²) < 4.78 is 18.2. The third-order valence-electron chi connectivity index (χ3n) is 3.59. The predicted molar refractivity (Wildman–Crippen MR) is 99.0 cm³/mol. The molecule has 2 rings (SSSR count). The molecule has 2 aromatic carbocycles. The Morgan fingerprint density at radius 3 is 2.37 bits per heavy atom. The maximum atomic E-state index is 13.1. The van der Waals surface area contributed by atoms with Crippen molar-refractivity contribution in [1.29, 1.82) is 0 Å². The monoisotopic (exact) mass is 392 g/mol. The Bertz CT molecular complexity index is 845. The van der Waals surface area contributed by atoms with Gasteiger partial charge in [0.05, 0.1) is 5.02 Å². The number of esters is 1. The first kappa shape index (κ1) is 20.4. The lowest BCUT2D eigenvalue weighted by atomic mass is 10.2. The molecule has 2 atom stereocenters. The summed E-state index contributed by atoms with van der Waals surface area (Å²) in [5.41, 5.74) is 0.663. The van der Waals surface area contributed by atoms with Crippen LogP contribution in [0.4, 0.5) is 10.1 Å². The molecule has 0 aromatic heterocycles. The van der Waals surface area contributed by atoms with Gasteiger partial charge < -0.3 is 15.4 Å². The Hall–Kier alpha value is -2.93. The third-order valence-corrected chi connectivity index (χ3v) is 3.88. The topological polar surface area (TPSA) is 84.5 Å². The number of halogens is 2. The molecule has 0 aliphatic carbocycles. The Balaban J connectivity index is 1.88. The number of hydrogen-bond acceptors (Lipinski definition) is 4. The Kier molecular flexibility index (Phi) is 6.90. The van der Waals surface area contributed by atoms with Gasteiger partial charge in [-0.05, 0) is 44.2 Å². The van der Waals surface area contributed by atoms with Crippen LogP contribution in [0.25, 0.3) is 0 Å². The zero-order chi connectivity index (χ0) is 20.0. The summed E-state index contributed by atoms with van der Waals surface area (Å²) in [5.74, 6) is -2.43. The van der Waals surface area contributed by atoms with E-state index in [9.17, 15) is 18.8 Å². The quantitative estimate of drug-likeness (QED) is 0.739. The standard InChI is InChI=1S/C19H18ClFN2O4/c1-11(22-18(25)13-6-4-3-5-7-13)19(26)27-12(2)17(24)23-14-8-9-16(21)15(20)10-14/h3-12H,1-2H3,(H,22,25)(H,23,24)/t11-,12+/m0/s1. The summed E-state index contributed by atoms with van der Waals surface area (Å²) in [6.45, 7) is 2.83. The van der Waals surface area contributed by atoms with E-state index in [0.29, 0.717) is 5.56 Å². The number of rotatable bonds is 6. The summed E-state index contributed by atoms with van der Waals surface area (Å²) in [4.78, 5) is 36.2. The van der Waals surface area contributed by atoms with Crippen LogP contribution in [-0.4, -0.2) is 29.9 Å². The summed E-state index contributed by atoms with van der Waals surface area (Å²) in [6, 6.07) is 11.1. The molecule has 0 saturated carbocycles.